The molecule has 1 N–H and O–H groups in total. The van der Waals surface area contributed by atoms with Gasteiger partial charge in [0.05, 0.1) is 6.61 Å². The van der Waals surface area contributed by atoms with E-state index in [9.17, 15) is 0 Å². The summed E-state index contributed by atoms with van der Waals surface area (Å²) in [6, 6.07) is 0.355. The van der Waals surface area contributed by atoms with Gasteiger partial charge in [-0.1, -0.05) is 5.11 Å². The first-order chi connectivity index (χ1) is 5.88. The summed E-state index contributed by atoms with van der Waals surface area (Å²) >= 11 is 0. The highest BCUT2D eigenvalue weighted by molar-refractivity contribution is 4.80. The summed E-state index contributed by atoms with van der Waals surface area (Å²) in [5, 5.41) is 12.3. The van der Waals surface area contributed by atoms with Crippen LogP contribution in [-0.4, -0.2) is 42.3 Å². The molecule has 0 aromatic rings. The third-order valence-electron chi connectivity index (χ3n) is 2.24. The number of aliphatic hydroxyl groups is 1. The van der Waals surface area contributed by atoms with E-state index >= 15 is 0 Å². The fourth-order valence-electron chi connectivity index (χ4n) is 1.66. The first-order valence-electron chi connectivity index (χ1n) is 4.24. The van der Waals surface area contributed by atoms with Gasteiger partial charge in [0.1, 0.15) is 0 Å². The molecule has 68 valence electrons. The van der Waals surface area contributed by atoms with Crippen molar-refractivity contribution in [2.45, 2.75) is 18.9 Å². The highest BCUT2D eigenvalue weighted by atomic mass is 16.3. The molecule has 0 aromatic carbocycles. The number of rotatable bonds is 4. The minimum absolute atomic E-state index is 0.187. The van der Waals surface area contributed by atoms with Crippen molar-refractivity contribution in [2.24, 2.45) is 5.11 Å². The Balaban J connectivity index is 2.34. The molecule has 1 aliphatic rings. The first-order valence-corrected chi connectivity index (χ1v) is 4.24. The van der Waals surface area contributed by atoms with Gasteiger partial charge in [0.2, 0.25) is 0 Å². The lowest BCUT2D eigenvalue weighted by molar-refractivity contribution is 0.187. The minimum Gasteiger partial charge on any atom is -0.395 e. The van der Waals surface area contributed by atoms with Crippen LogP contribution >= 0.6 is 0 Å². The quantitative estimate of drug-likeness (QED) is 0.384. The predicted octanol–water partition coefficient (Wildman–Crippen LogP) is 0.753. The summed E-state index contributed by atoms with van der Waals surface area (Å²) in [5.41, 5.74) is 8.13. The molecule has 0 spiro atoms. The van der Waals surface area contributed by atoms with Gasteiger partial charge in [0.25, 0.3) is 0 Å². The van der Waals surface area contributed by atoms with Crippen molar-refractivity contribution >= 4 is 0 Å². The van der Waals surface area contributed by atoms with Crippen LogP contribution in [0.1, 0.15) is 12.8 Å². The monoisotopic (exact) mass is 170 g/mol. The van der Waals surface area contributed by atoms with Crippen molar-refractivity contribution in [3.8, 4) is 0 Å². The average molecular weight is 170 g/mol. The van der Waals surface area contributed by atoms with Gasteiger partial charge < -0.3 is 5.11 Å². The maximum absolute atomic E-state index is 8.72. The zero-order chi connectivity index (χ0) is 8.81. The Hall–Kier alpha value is -0.770. The Kier molecular flexibility index (Phi) is 3.87. The molecule has 1 unspecified atom stereocenters. The number of nitrogens with zero attached hydrogens (tertiary/aromatic N) is 4. The molecule has 0 saturated carbocycles. The van der Waals surface area contributed by atoms with Gasteiger partial charge in [0.15, 0.2) is 0 Å². The first kappa shape index (κ1) is 9.32. The highest BCUT2D eigenvalue weighted by Crippen LogP contribution is 2.16. The lowest BCUT2D eigenvalue weighted by Gasteiger charge is -2.21. The maximum Gasteiger partial charge on any atom is 0.0558 e. The second-order valence-electron chi connectivity index (χ2n) is 2.97. The third-order valence-corrected chi connectivity index (χ3v) is 2.24. The number of aliphatic hydroxyl groups excluding tert-OH is 1. The van der Waals surface area contributed by atoms with Gasteiger partial charge in [-0.05, 0) is 24.9 Å². The second kappa shape index (κ2) is 4.98. The normalized spacial score (nSPS) is 23.9. The third kappa shape index (κ3) is 2.37. The molecule has 5 heteroatoms. The van der Waals surface area contributed by atoms with E-state index in [2.05, 4.69) is 14.9 Å². The largest absolute Gasteiger partial charge is 0.395 e. The van der Waals surface area contributed by atoms with Crippen LogP contribution in [0.2, 0.25) is 0 Å². The molecule has 5 nitrogen and oxygen atoms in total. The molecule has 0 radical (unpaired) electrons. The summed E-state index contributed by atoms with van der Waals surface area (Å²) in [6.07, 6.45) is 2.23. The van der Waals surface area contributed by atoms with Crippen molar-refractivity contribution in [2.75, 3.05) is 26.2 Å². The number of β-amino-alcohol motifs (C(OH)–C–C–N with tert-alkyl or cyclic N) is 1. The van der Waals surface area contributed by atoms with Crippen molar-refractivity contribution in [1.29, 1.82) is 0 Å². The number of likely N-dealkylation sites (tertiary alicyclic amines) is 1. The van der Waals surface area contributed by atoms with Gasteiger partial charge >= 0.3 is 0 Å². The number of hydrogen-bond donors (Lipinski definition) is 1. The van der Waals surface area contributed by atoms with Crippen molar-refractivity contribution in [1.82, 2.24) is 4.90 Å². The molecule has 1 atom stereocenters. The molecule has 1 aliphatic heterocycles. The van der Waals surface area contributed by atoms with Crippen LogP contribution in [0, 0.1) is 0 Å². The van der Waals surface area contributed by atoms with E-state index in [-0.39, 0.29) is 6.61 Å². The molecule has 12 heavy (non-hydrogen) atoms. The SMILES string of the molecule is [N-]=[N+]=NCC1CCCN1CCO. The van der Waals surface area contributed by atoms with Crippen molar-refractivity contribution in [3.63, 3.8) is 0 Å². The molecule has 0 aromatic heterocycles. The van der Waals surface area contributed by atoms with E-state index in [0.29, 0.717) is 19.1 Å². The van der Waals surface area contributed by atoms with Gasteiger partial charge in [-0.15, -0.1) is 0 Å². The molecule has 1 heterocycles. The number of azide groups is 1. The van der Waals surface area contributed by atoms with Crippen LogP contribution in [0.5, 0.6) is 0 Å². The lowest BCUT2D eigenvalue weighted by atomic mass is 10.2. The summed E-state index contributed by atoms with van der Waals surface area (Å²) in [7, 11) is 0. The molecule has 0 bridgehead atoms. The van der Waals surface area contributed by atoms with E-state index in [1.807, 2.05) is 0 Å². The highest BCUT2D eigenvalue weighted by Gasteiger charge is 2.22. The van der Waals surface area contributed by atoms with Crippen LogP contribution in [0.15, 0.2) is 5.11 Å². The van der Waals surface area contributed by atoms with Gasteiger partial charge in [-0.25, -0.2) is 0 Å². The fourth-order valence-corrected chi connectivity index (χ4v) is 1.66. The smallest absolute Gasteiger partial charge is 0.0558 e. The van der Waals surface area contributed by atoms with E-state index in [0.717, 1.165) is 19.4 Å². The Morgan fingerprint density at radius 3 is 3.17 bits per heavy atom. The second-order valence-corrected chi connectivity index (χ2v) is 2.97. The maximum atomic E-state index is 8.72. The Morgan fingerprint density at radius 2 is 2.50 bits per heavy atom. The van der Waals surface area contributed by atoms with Gasteiger partial charge in [-0.2, -0.15) is 0 Å². The van der Waals surface area contributed by atoms with Crippen molar-refractivity contribution in [3.05, 3.63) is 10.4 Å². The average Bonchev–Trinajstić information content (AvgIpc) is 2.50. The zero-order valence-electron chi connectivity index (χ0n) is 7.06. The fraction of sp³-hybridized carbons (Fsp3) is 1.00. The van der Waals surface area contributed by atoms with Crippen LogP contribution in [0.4, 0.5) is 0 Å². The van der Waals surface area contributed by atoms with Crippen LogP contribution in [0.25, 0.3) is 10.4 Å². The summed E-state index contributed by atoms with van der Waals surface area (Å²) in [4.78, 5) is 4.90. The molecular formula is C7H14N4O. The van der Waals surface area contributed by atoms with E-state index < -0.39 is 0 Å². The van der Waals surface area contributed by atoms with Gasteiger partial charge in [0, 0.05) is 24.0 Å². The van der Waals surface area contributed by atoms with E-state index in [1.54, 1.807) is 0 Å². The van der Waals surface area contributed by atoms with Crippen molar-refractivity contribution < 1.29 is 5.11 Å². The zero-order valence-corrected chi connectivity index (χ0v) is 7.06. The number of hydrogen-bond acceptors (Lipinski definition) is 3. The Bertz CT molecular complexity index is 178. The summed E-state index contributed by atoms with van der Waals surface area (Å²) in [6.45, 7) is 2.45. The summed E-state index contributed by atoms with van der Waals surface area (Å²) in [5.74, 6) is 0. The van der Waals surface area contributed by atoms with E-state index in [4.69, 9.17) is 10.6 Å². The Labute approximate surface area is 71.6 Å². The molecule has 0 aliphatic carbocycles. The standard InChI is InChI=1S/C7H14N4O/c8-10-9-6-7-2-1-3-11(7)4-5-12/h7,12H,1-6H2. The molecule has 1 fully saturated rings. The minimum atomic E-state index is 0.187. The topological polar surface area (TPSA) is 72.2 Å². The molecule has 1 rings (SSSR count). The summed E-state index contributed by atoms with van der Waals surface area (Å²) < 4.78 is 0. The van der Waals surface area contributed by atoms with Crippen LogP contribution in [0.3, 0.4) is 0 Å². The molecule has 1 saturated heterocycles. The van der Waals surface area contributed by atoms with Gasteiger partial charge in [-0.3, -0.25) is 4.90 Å². The predicted molar refractivity (Wildman–Crippen MR) is 45.7 cm³/mol. The van der Waals surface area contributed by atoms with E-state index in [1.165, 1.54) is 0 Å². The van der Waals surface area contributed by atoms with Crippen LogP contribution in [-0.2, 0) is 0 Å². The lowest BCUT2D eigenvalue weighted by Crippen LogP contribution is -2.33. The van der Waals surface area contributed by atoms with Crippen LogP contribution < -0.4 is 0 Å². The molecular weight excluding hydrogens is 156 g/mol. The molecule has 0 amide bonds. The Morgan fingerprint density at radius 1 is 1.67 bits per heavy atom.